The Morgan fingerprint density at radius 1 is 1.29 bits per heavy atom. The second-order valence-corrected chi connectivity index (χ2v) is 3.84. The highest BCUT2D eigenvalue weighted by Gasteiger charge is 2.04. The number of benzene rings is 1. The molecule has 1 nitrogen and oxygen atoms in total. The van der Waals surface area contributed by atoms with Gasteiger partial charge in [0.15, 0.2) is 0 Å². The molecule has 1 unspecified atom stereocenters. The standard InChI is InChI=1S/C13H19N/c1-5-6-14-12(4)13-8-10(2)7-11(3)9-13/h5,7-9,12,14H,1,6H2,2-4H3. The van der Waals surface area contributed by atoms with Crippen molar-refractivity contribution in [3.63, 3.8) is 0 Å². The summed E-state index contributed by atoms with van der Waals surface area (Å²) in [5.74, 6) is 0. The summed E-state index contributed by atoms with van der Waals surface area (Å²) in [7, 11) is 0. The van der Waals surface area contributed by atoms with Crippen LogP contribution in [0.2, 0.25) is 0 Å². The molecule has 0 fully saturated rings. The normalized spacial score (nSPS) is 12.5. The molecule has 0 saturated carbocycles. The monoisotopic (exact) mass is 189 g/mol. The summed E-state index contributed by atoms with van der Waals surface area (Å²) in [6.45, 7) is 11.0. The van der Waals surface area contributed by atoms with Gasteiger partial charge in [-0.05, 0) is 26.3 Å². The van der Waals surface area contributed by atoms with Gasteiger partial charge in [-0.1, -0.05) is 35.4 Å². The van der Waals surface area contributed by atoms with Gasteiger partial charge in [0.1, 0.15) is 0 Å². The first kappa shape index (κ1) is 11.0. The van der Waals surface area contributed by atoms with Crippen molar-refractivity contribution in [2.45, 2.75) is 26.8 Å². The van der Waals surface area contributed by atoms with Crippen LogP contribution >= 0.6 is 0 Å². The van der Waals surface area contributed by atoms with Gasteiger partial charge in [-0.3, -0.25) is 0 Å². The van der Waals surface area contributed by atoms with E-state index in [0.29, 0.717) is 6.04 Å². The van der Waals surface area contributed by atoms with Gasteiger partial charge in [-0.15, -0.1) is 6.58 Å². The Morgan fingerprint density at radius 3 is 2.36 bits per heavy atom. The Labute approximate surface area is 86.8 Å². The van der Waals surface area contributed by atoms with Gasteiger partial charge in [0.05, 0.1) is 0 Å². The fraction of sp³-hybridized carbons (Fsp3) is 0.385. The van der Waals surface area contributed by atoms with Crippen LogP contribution in [-0.2, 0) is 0 Å². The predicted octanol–water partition coefficient (Wildman–Crippen LogP) is 3.14. The van der Waals surface area contributed by atoms with Crippen molar-refractivity contribution >= 4 is 0 Å². The van der Waals surface area contributed by atoms with E-state index in [1.807, 2.05) is 6.08 Å². The largest absolute Gasteiger partial charge is 0.307 e. The third-order valence-electron chi connectivity index (χ3n) is 2.31. The van der Waals surface area contributed by atoms with Crippen LogP contribution < -0.4 is 5.32 Å². The molecule has 1 rings (SSSR count). The Kier molecular flexibility index (Phi) is 3.90. The number of hydrogen-bond donors (Lipinski definition) is 1. The Balaban J connectivity index is 2.78. The number of aryl methyl sites for hydroxylation is 2. The smallest absolute Gasteiger partial charge is 0.0294 e. The van der Waals surface area contributed by atoms with Crippen molar-refractivity contribution < 1.29 is 0 Å². The van der Waals surface area contributed by atoms with E-state index in [2.05, 4.69) is 50.9 Å². The maximum Gasteiger partial charge on any atom is 0.0294 e. The minimum Gasteiger partial charge on any atom is -0.307 e. The molecule has 0 aliphatic carbocycles. The van der Waals surface area contributed by atoms with Crippen molar-refractivity contribution in [1.82, 2.24) is 5.32 Å². The average molecular weight is 189 g/mol. The third-order valence-corrected chi connectivity index (χ3v) is 2.31. The topological polar surface area (TPSA) is 12.0 Å². The molecule has 14 heavy (non-hydrogen) atoms. The molecule has 0 aliphatic heterocycles. The summed E-state index contributed by atoms with van der Waals surface area (Å²) in [6, 6.07) is 7.05. The molecule has 0 amide bonds. The summed E-state index contributed by atoms with van der Waals surface area (Å²) in [4.78, 5) is 0. The van der Waals surface area contributed by atoms with Crippen molar-refractivity contribution in [2.75, 3.05) is 6.54 Å². The Morgan fingerprint density at radius 2 is 1.86 bits per heavy atom. The molecular formula is C13H19N. The summed E-state index contributed by atoms with van der Waals surface area (Å²) >= 11 is 0. The summed E-state index contributed by atoms with van der Waals surface area (Å²) in [5.41, 5.74) is 4.00. The van der Waals surface area contributed by atoms with Gasteiger partial charge >= 0.3 is 0 Å². The molecular weight excluding hydrogens is 170 g/mol. The highest BCUT2D eigenvalue weighted by Crippen LogP contribution is 2.16. The average Bonchev–Trinajstić information content (AvgIpc) is 2.12. The predicted molar refractivity (Wildman–Crippen MR) is 62.5 cm³/mol. The van der Waals surface area contributed by atoms with Crippen molar-refractivity contribution in [3.8, 4) is 0 Å². The van der Waals surface area contributed by atoms with E-state index in [1.165, 1.54) is 16.7 Å². The van der Waals surface area contributed by atoms with Crippen molar-refractivity contribution in [2.24, 2.45) is 0 Å². The van der Waals surface area contributed by atoms with Crippen LogP contribution in [0.4, 0.5) is 0 Å². The van der Waals surface area contributed by atoms with Crippen LogP contribution in [0.1, 0.15) is 29.7 Å². The Hall–Kier alpha value is -1.08. The number of nitrogens with one attached hydrogen (secondary N) is 1. The summed E-state index contributed by atoms with van der Waals surface area (Å²) in [5, 5.41) is 3.38. The number of rotatable bonds is 4. The van der Waals surface area contributed by atoms with Crippen LogP contribution in [0.3, 0.4) is 0 Å². The molecule has 0 bridgehead atoms. The molecule has 0 aliphatic rings. The zero-order valence-electron chi connectivity index (χ0n) is 9.30. The fourth-order valence-electron chi connectivity index (χ4n) is 1.64. The lowest BCUT2D eigenvalue weighted by Crippen LogP contribution is -2.18. The van der Waals surface area contributed by atoms with E-state index >= 15 is 0 Å². The van der Waals surface area contributed by atoms with Crippen LogP contribution in [0, 0.1) is 13.8 Å². The van der Waals surface area contributed by atoms with Crippen LogP contribution in [0.25, 0.3) is 0 Å². The van der Waals surface area contributed by atoms with Crippen LogP contribution in [0.15, 0.2) is 30.9 Å². The van der Waals surface area contributed by atoms with Gasteiger partial charge in [-0.25, -0.2) is 0 Å². The van der Waals surface area contributed by atoms with Gasteiger partial charge in [-0.2, -0.15) is 0 Å². The first-order chi connectivity index (χ1) is 6.63. The molecule has 1 atom stereocenters. The third kappa shape index (κ3) is 3.00. The molecule has 1 aromatic carbocycles. The molecule has 0 aromatic heterocycles. The summed E-state index contributed by atoms with van der Waals surface area (Å²) in [6.07, 6.45) is 1.89. The highest BCUT2D eigenvalue weighted by molar-refractivity contribution is 5.30. The first-order valence-corrected chi connectivity index (χ1v) is 5.06. The SMILES string of the molecule is C=CCNC(C)c1cc(C)cc(C)c1. The van der Waals surface area contributed by atoms with E-state index in [-0.39, 0.29) is 0 Å². The minimum atomic E-state index is 0.395. The van der Waals surface area contributed by atoms with Gasteiger partial charge in [0.2, 0.25) is 0 Å². The lowest BCUT2D eigenvalue weighted by atomic mass is 10.0. The second kappa shape index (κ2) is 4.97. The highest BCUT2D eigenvalue weighted by atomic mass is 14.9. The molecule has 0 radical (unpaired) electrons. The first-order valence-electron chi connectivity index (χ1n) is 5.06. The van der Waals surface area contributed by atoms with Gasteiger partial charge < -0.3 is 5.32 Å². The lowest BCUT2D eigenvalue weighted by molar-refractivity contribution is 0.617. The van der Waals surface area contributed by atoms with Crippen LogP contribution in [-0.4, -0.2) is 6.54 Å². The van der Waals surface area contributed by atoms with Gasteiger partial charge in [0.25, 0.3) is 0 Å². The zero-order valence-corrected chi connectivity index (χ0v) is 9.30. The molecule has 0 heterocycles. The van der Waals surface area contributed by atoms with Crippen LogP contribution in [0.5, 0.6) is 0 Å². The van der Waals surface area contributed by atoms with E-state index in [0.717, 1.165) is 6.54 Å². The Bertz CT molecular complexity index is 295. The maximum atomic E-state index is 3.70. The van der Waals surface area contributed by atoms with Crippen molar-refractivity contribution in [1.29, 1.82) is 0 Å². The molecule has 1 heteroatoms. The lowest BCUT2D eigenvalue weighted by Gasteiger charge is -2.14. The quantitative estimate of drug-likeness (QED) is 0.717. The molecule has 76 valence electrons. The molecule has 0 saturated heterocycles. The van der Waals surface area contributed by atoms with Crippen molar-refractivity contribution in [3.05, 3.63) is 47.5 Å². The van der Waals surface area contributed by atoms with E-state index in [9.17, 15) is 0 Å². The molecule has 1 N–H and O–H groups in total. The summed E-state index contributed by atoms with van der Waals surface area (Å²) < 4.78 is 0. The minimum absolute atomic E-state index is 0.395. The zero-order chi connectivity index (χ0) is 10.6. The van der Waals surface area contributed by atoms with E-state index in [4.69, 9.17) is 0 Å². The molecule has 1 aromatic rings. The fourth-order valence-corrected chi connectivity index (χ4v) is 1.64. The number of hydrogen-bond acceptors (Lipinski definition) is 1. The maximum absolute atomic E-state index is 3.70. The van der Waals surface area contributed by atoms with E-state index < -0.39 is 0 Å². The molecule has 0 spiro atoms. The van der Waals surface area contributed by atoms with E-state index in [1.54, 1.807) is 0 Å². The second-order valence-electron chi connectivity index (χ2n) is 3.84. The van der Waals surface area contributed by atoms with Gasteiger partial charge in [0, 0.05) is 12.6 Å².